The maximum atomic E-state index is 14.3. The molecule has 3 N–H and O–H groups in total. The summed E-state index contributed by atoms with van der Waals surface area (Å²) < 4.78 is 6.24. The number of aromatic carboxylic acids is 1. The first-order valence-corrected chi connectivity index (χ1v) is 20.1. The van der Waals surface area contributed by atoms with E-state index < -0.39 is 23.3 Å². The minimum Gasteiger partial charge on any atom is -0.481 e. The molecule has 0 bridgehead atoms. The highest BCUT2D eigenvalue weighted by molar-refractivity contribution is 6.02. The molecular weight excluding hydrogens is 654 g/mol. The van der Waals surface area contributed by atoms with Gasteiger partial charge in [0.1, 0.15) is 6.10 Å². The van der Waals surface area contributed by atoms with Crippen LogP contribution >= 0.6 is 0 Å². The molecule has 6 rings (SSSR count). The maximum absolute atomic E-state index is 14.3. The Morgan fingerprint density at radius 2 is 1.50 bits per heavy atom. The second-order valence-corrected chi connectivity index (χ2v) is 19.4. The van der Waals surface area contributed by atoms with Gasteiger partial charge in [0.2, 0.25) is 5.91 Å². The number of rotatable bonds is 10. The number of aliphatic carboxylic acids is 1. The second-order valence-electron chi connectivity index (χ2n) is 19.4. The molecule has 0 aromatic heterocycles. The lowest BCUT2D eigenvalue weighted by atomic mass is 9.33. The molecule has 1 aromatic carbocycles. The van der Waals surface area contributed by atoms with Gasteiger partial charge in [-0.15, -0.1) is 0 Å². The van der Waals surface area contributed by atoms with Gasteiger partial charge in [-0.25, -0.2) is 9.59 Å². The van der Waals surface area contributed by atoms with Crippen LogP contribution in [0, 0.1) is 50.2 Å². The van der Waals surface area contributed by atoms with Gasteiger partial charge in [0.25, 0.3) is 0 Å². The number of carbonyl (C=O) groups is 4. The van der Waals surface area contributed by atoms with E-state index in [9.17, 15) is 24.3 Å². The van der Waals surface area contributed by atoms with Gasteiger partial charge >= 0.3 is 17.9 Å². The van der Waals surface area contributed by atoms with Crippen molar-refractivity contribution in [2.75, 3.05) is 6.54 Å². The molecule has 4 saturated carbocycles. The molecule has 52 heavy (non-hydrogen) atoms. The van der Waals surface area contributed by atoms with Gasteiger partial charge in [-0.3, -0.25) is 9.59 Å². The zero-order valence-corrected chi connectivity index (χ0v) is 32.7. The largest absolute Gasteiger partial charge is 0.481 e. The monoisotopic (exact) mass is 717 g/mol. The number of amides is 1. The lowest BCUT2D eigenvalue weighted by molar-refractivity contribution is -0.204. The van der Waals surface area contributed by atoms with E-state index >= 15 is 0 Å². The van der Waals surface area contributed by atoms with Crippen LogP contribution in [0.15, 0.2) is 35.9 Å². The minimum absolute atomic E-state index is 0.0173. The van der Waals surface area contributed by atoms with Crippen LogP contribution in [-0.2, 0) is 14.3 Å². The van der Waals surface area contributed by atoms with E-state index in [1.165, 1.54) is 11.6 Å². The molecule has 3 unspecified atom stereocenters. The molecule has 8 atom stereocenters. The van der Waals surface area contributed by atoms with Crippen molar-refractivity contribution in [1.29, 1.82) is 0 Å². The SMILES string of the molecule is CC1(C)CC[C@]2(C(=O)NCCCCCC(=O)O)CC[C@]3(C)C(=CCC4[C@@]5(C)CC[C@H](OC(=O)c6ccccc6C(=O)O)C(C)(C)C5CC[C@]43C)C2C1. The summed E-state index contributed by atoms with van der Waals surface area (Å²) in [5, 5.41) is 22.0. The van der Waals surface area contributed by atoms with Gasteiger partial charge in [-0.1, -0.05) is 78.7 Å². The number of esters is 1. The van der Waals surface area contributed by atoms with Crippen LogP contribution in [-0.4, -0.2) is 46.7 Å². The molecule has 0 saturated heterocycles. The summed E-state index contributed by atoms with van der Waals surface area (Å²) in [7, 11) is 0. The summed E-state index contributed by atoms with van der Waals surface area (Å²) in [6.45, 7) is 17.5. The fraction of sp³-hybridized carbons (Fsp3) is 0.727. The molecule has 8 nitrogen and oxygen atoms in total. The van der Waals surface area contributed by atoms with Gasteiger partial charge in [0.15, 0.2) is 0 Å². The Morgan fingerprint density at radius 1 is 0.808 bits per heavy atom. The standard InChI is InChI=1S/C44H63NO7/c1-39(2)22-24-44(38(51)45-26-12-8-9-15-35(46)47)25-23-42(6)30(31(44)27-39)16-17-33-41(5)20-19-34(40(3,4)32(41)18-21-43(33,42)7)52-37(50)29-14-11-10-13-28(29)36(48)49/h10-11,13-14,16,31-34H,8-9,12,15,17-27H2,1-7H3,(H,45,51)(H,46,47)(H,48,49)/t31?,32?,33?,34-,41-,42+,43+,44-/m0/s1. The Labute approximate surface area is 310 Å². The number of ether oxygens (including phenoxy) is 1. The van der Waals surface area contributed by atoms with Gasteiger partial charge in [0.05, 0.1) is 16.5 Å². The summed E-state index contributed by atoms with van der Waals surface area (Å²) in [4.78, 5) is 50.6. The molecule has 4 fully saturated rings. The highest BCUT2D eigenvalue weighted by Gasteiger charge is 2.69. The third-order valence-corrected chi connectivity index (χ3v) is 16.0. The van der Waals surface area contributed by atoms with Crippen molar-refractivity contribution in [3.05, 3.63) is 47.0 Å². The first kappa shape index (κ1) is 38.6. The van der Waals surface area contributed by atoms with E-state index in [-0.39, 0.29) is 62.6 Å². The maximum Gasteiger partial charge on any atom is 0.339 e. The summed E-state index contributed by atoms with van der Waals surface area (Å²) in [6.07, 6.45) is 14.4. The van der Waals surface area contributed by atoms with Crippen molar-refractivity contribution in [2.45, 2.75) is 144 Å². The molecule has 0 radical (unpaired) electrons. The first-order chi connectivity index (χ1) is 24.3. The zero-order chi connectivity index (χ0) is 37.9. The van der Waals surface area contributed by atoms with E-state index in [0.717, 1.165) is 77.0 Å². The van der Waals surface area contributed by atoms with Crippen molar-refractivity contribution < 1.29 is 34.1 Å². The van der Waals surface area contributed by atoms with Crippen LogP contribution in [0.25, 0.3) is 0 Å². The van der Waals surface area contributed by atoms with Gasteiger partial charge in [-0.05, 0) is 129 Å². The molecule has 0 spiro atoms. The Balaban J connectivity index is 1.24. The number of hydrogen-bond donors (Lipinski definition) is 3. The van der Waals surface area contributed by atoms with E-state index in [4.69, 9.17) is 9.84 Å². The number of hydrogen-bond acceptors (Lipinski definition) is 5. The smallest absolute Gasteiger partial charge is 0.339 e. The van der Waals surface area contributed by atoms with Crippen LogP contribution in [0.5, 0.6) is 0 Å². The highest BCUT2D eigenvalue weighted by Crippen LogP contribution is 2.76. The van der Waals surface area contributed by atoms with Gasteiger partial charge in [-0.2, -0.15) is 0 Å². The summed E-state index contributed by atoms with van der Waals surface area (Å²) in [5.41, 5.74) is 1.19. The molecule has 0 heterocycles. The number of nitrogens with one attached hydrogen (secondary N) is 1. The summed E-state index contributed by atoms with van der Waals surface area (Å²) >= 11 is 0. The topological polar surface area (TPSA) is 130 Å². The first-order valence-electron chi connectivity index (χ1n) is 20.1. The van der Waals surface area contributed by atoms with E-state index in [2.05, 4.69) is 59.9 Å². The highest BCUT2D eigenvalue weighted by atomic mass is 16.5. The van der Waals surface area contributed by atoms with Crippen molar-refractivity contribution in [2.24, 2.45) is 50.2 Å². The lowest BCUT2D eigenvalue weighted by Crippen LogP contribution is -2.65. The Kier molecular flexibility index (Phi) is 10.1. The summed E-state index contributed by atoms with van der Waals surface area (Å²) in [6, 6.07) is 6.32. The van der Waals surface area contributed by atoms with Gasteiger partial charge in [0, 0.05) is 18.4 Å². The second kappa shape index (κ2) is 13.6. The van der Waals surface area contributed by atoms with Crippen LogP contribution in [0.1, 0.15) is 159 Å². The Bertz CT molecular complexity index is 1630. The minimum atomic E-state index is -1.13. The molecule has 5 aliphatic rings. The third kappa shape index (κ3) is 6.22. The Morgan fingerprint density at radius 3 is 2.19 bits per heavy atom. The number of allylic oxidation sites excluding steroid dienone is 2. The molecule has 1 aromatic rings. The van der Waals surface area contributed by atoms with E-state index in [0.29, 0.717) is 24.8 Å². The normalized spacial score (nSPS) is 37.2. The number of unbranched alkanes of at least 4 members (excludes halogenated alkanes) is 2. The van der Waals surface area contributed by atoms with Crippen LogP contribution in [0.3, 0.4) is 0 Å². The predicted molar refractivity (Wildman–Crippen MR) is 201 cm³/mol. The van der Waals surface area contributed by atoms with Crippen LogP contribution in [0.2, 0.25) is 0 Å². The van der Waals surface area contributed by atoms with E-state index in [1.807, 2.05) is 0 Å². The van der Waals surface area contributed by atoms with Gasteiger partial charge < -0.3 is 20.3 Å². The molecule has 8 heteroatoms. The molecule has 0 aliphatic heterocycles. The number of carbonyl (C=O) groups excluding carboxylic acids is 2. The zero-order valence-electron chi connectivity index (χ0n) is 32.7. The predicted octanol–water partition coefficient (Wildman–Crippen LogP) is 9.47. The quantitative estimate of drug-likeness (QED) is 0.125. The average molecular weight is 718 g/mol. The Hall–Kier alpha value is -3.16. The number of fused-ring (bicyclic) bond motifs is 7. The molecule has 5 aliphatic carbocycles. The van der Waals surface area contributed by atoms with Crippen LogP contribution in [0.4, 0.5) is 0 Å². The summed E-state index contributed by atoms with van der Waals surface area (Å²) in [5.74, 6) is -1.23. The van der Waals surface area contributed by atoms with Crippen molar-refractivity contribution in [3.8, 4) is 0 Å². The molecule has 1 amide bonds. The van der Waals surface area contributed by atoms with Crippen molar-refractivity contribution >= 4 is 23.8 Å². The fourth-order valence-electron chi connectivity index (χ4n) is 12.8. The fourth-order valence-corrected chi connectivity index (χ4v) is 12.8. The average Bonchev–Trinajstić information content (AvgIpc) is 3.07. The third-order valence-electron chi connectivity index (χ3n) is 16.0. The molecule has 286 valence electrons. The van der Waals surface area contributed by atoms with Crippen LogP contribution < -0.4 is 5.32 Å². The lowest BCUT2D eigenvalue weighted by Gasteiger charge is -2.71. The molecular formula is C44H63NO7. The van der Waals surface area contributed by atoms with Crippen molar-refractivity contribution in [3.63, 3.8) is 0 Å². The van der Waals surface area contributed by atoms with E-state index in [1.54, 1.807) is 18.2 Å². The van der Waals surface area contributed by atoms with Crippen molar-refractivity contribution in [1.82, 2.24) is 5.32 Å². The number of carboxylic acids is 2. The number of benzene rings is 1. The number of carboxylic acid groups (broad SMARTS) is 2.